The molecule has 0 saturated carbocycles. The molecule has 2 N–H and O–H groups in total. The van der Waals surface area contributed by atoms with Gasteiger partial charge in [-0.15, -0.1) is 0 Å². The number of rotatable bonds is 2. The molecule has 0 spiro atoms. The molecular weight excluding hydrogens is 210 g/mol. The van der Waals surface area contributed by atoms with Crippen LogP contribution < -0.4 is 5.73 Å². The summed E-state index contributed by atoms with van der Waals surface area (Å²) in [5.41, 5.74) is 7.80. The van der Waals surface area contributed by atoms with Gasteiger partial charge in [-0.05, 0) is 17.7 Å². The number of aryl methyl sites for hydroxylation is 1. The molecule has 2 aromatic rings. The van der Waals surface area contributed by atoms with Crippen LogP contribution in [0.1, 0.15) is 17.3 Å². The van der Waals surface area contributed by atoms with E-state index < -0.39 is 0 Å². The normalized spacial score (nSPS) is 12.7. The maximum absolute atomic E-state index is 6.07. The van der Waals surface area contributed by atoms with Gasteiger partial charge in [0.2, 0.25) is 0 Å². The predicted molar refractivity (Wildman–Crippen MR) is 60.7 cm³/mol. The van der Waals surface area contributed by atoms with Crippen LogP contribution in [0.25, 0.3) is 0 Å². The maximum Gasteiger partial charge on any atom is 0.0837 e. The fourth-order valence-electron chi connectivity index (χ4n) is 1.49. The van der Waals surface area contributed by atoms with E-state index in [1.54, 1.807) is 4.68 Å². The molecule has 0 radical (unpaired) electrons. The van der Waals surface area contributed by atoms with Crippen molar-refractivity contribution in [3.05, 3.63) is 52.8 Å². The van der Waals surface area contributed by atoms with Gasteiger partial charge in [0.25, 0.3) is 0 Å². The van der Waals surface area contributed by atoms with Crippen LogP contribution in [-0.2, 0) is 7.05 Å². The first kappa shape index (κ1) is 10.2. The van der Waals surface area contributed by atoms with Crippen molar-refractivity contribution in [1.82, 2.24) is 9.78 Å². The Morgan fingerprint density at radius 1 is 1.33 bits per heavy atom. The molecular formula is C11H12ClN3. The van der Waals surface area contributed by atoms with Crippen molar-refractivity contribution in [2.24, 2.45) is 12.8 Å². The molecule has 3 nitrogen and oxygen atoms in total. The number of hydrogen-bond acceptors (Lipinski definition) is 2. The van der Waals surface area contributed by atoms with Gasteiger partial charge >= 0.3 is 0 Å². The van der Waals surface area contributed by atoms with Gasteiger partial charge in [-0.2, -0.15) is 5.10 Å². The predicted octanol–water partition coefficient (Wildman–Crippen LogP) is 2.12. The van der Waals surface area contributed by atoms with Crippen LogP contribution in [0, 0.1) is 0 Å². The molecule has 4 heteroatoms. The second kappa shape index (κ2) is 4.04. The minimum atomic E-state index is -0.264. The Hall–Kier alpha value is -1.32. The smallest absolute Gasteiger partial charge is 0.0837 e. The van der Waals surface area contributed by atoms with Crippen LogP contribution in [-0.4, -0.2) is 9.78 Å². The minimum absolute atomic E-state index is 0.264. The highest BCUT2D eigenvalue weighted by Gasteiger charge is 2.13. The third-order valence-corrected chi connectivity index (χ3v) is 2.64. The van der Waals surface area contributed by atoms with Crippen LogP contribution in [0.5, 0.6) is 0 Å². The van der Waals surface area contributed by atoms with E-state index in [2.05, 4.69) is 5.10 Å². The van der Waals surface area contributed by atoms with Gasteiger partial charge in [-0.3, -0.25) is 4.68 Å². The molecule has 1 aromatic heterocycles. The molecule has 0 aliphatic carbocycles. The summed E-state index contributed by atoms with van der Waals surface area (Å²) in [5.74, 6) is 0. The molecule has 0 amide bonds. The second-order valence-corrected chi connectivity index (χ2v) is 3.82. The molecule has 0 saturated heterocycles. The Balaban J connectivity index is 2.36. The average Bonchev–Trinajstić information content (AvgIpc) is 2.65. The van der Waals surface area contributed by atoms with Gasteiger partial charge in [-0.1, -0.05) is 29.8 Å². The summed E-state index contributed by atoms with van der Waals surface area (Å²) in [4.78, 5) is 0. The first-order valence-corrected chi connectivity index (χ1v) is 5.06. The molecule has 1 heterocycles. The fraction of sp³-hybridized carbons (Fsp3) is 0.182. The summed E-state index contributed by atoms with van der Waals surface area (Å²) in [6, 6.07) is 9.19. The van der Waals surface area contributed by atoms with Crippen molar-refractivity contribution in [1.29, 1.82) is 0 Å². The highest BCUT2D eigenvalue weighted by atomic mass is 35.5. The zero-order chi connectivity index (χ0) is 10.8. The van der Waals surface area contributed by atoms with E-state index in [1.807, 2.05) is 43.6 Å². The number of benzene rings is 1. The molecule has 0 aliphatic heterocycles. The molecule has 0 aliphatic rings. The van der Waals surface area contributed by atoms with Gasteiger partial charge in [-0.25, -0.2) is 0 Å². The van der Waals surface area contributed by atoms with Gasteiger partial charge in [0, 0.05) is 18.3 Å². The Morgan fingerprint density at radius 3 is 2.67 bits per heavy atom. The quantitative estimate of drug-likeness (QED) is 0.844. The summed E-state index contributed by atoms with van der Waals surface area (Å²) >= 11 is 6.06. The van der Waals surface area contributed by atoms with Gasteiger partial charge in [0.15, 0.2) is 0 Å². The summed E-state index contributed by atoms with van der Waals surface area (Å²) < 4.78 is 1.73. The van der Waals surface area contributed by atoms with Crippen LogP contribution in [0.4, 0.5) is 0 Å². The summed E-state index contributed by atoms with van der Waals surface area (Å²) in [6.07, 6.45) is 1.87. The molecule has 78 valence electrons. The topological polar surface area (TPSA) is 43.8 Å². The largest absolute Gasteiger partial charge is 0.319 e. The molecule has 0 fully saturated rings. The highest BCUT2D eigenvalue weighted by Crippen LogP contribution is 2.24. The lowest BCUT2D eigenvalue weighted by atomic mass is 10.1. The molecule has 15 heavy (non-hydrogen) atoms. The second-order valence-electron chi connectivity index (χ2n) is 3.41. The van der Waals surface area contributed by atoms with E-state index in [0.717, 1.165) is 11.3 Å². The first-order valence-electron chi connectivity index (χ1n) is 4.68. The molecule has 1 unspecified atom stereocenters. The molecule has 0 bridgehead atoms. The number of halogens is 1. The van der Waals surface area contributed by atoms with Crippen molar-refractivity contribution in [3.8, 4) is 0 Å². The minimum Gasteiger partial charge on any atom is -0.319 e. The molecule has 2 rings (SSSR count). The number of hydrogen-bond donors (Lipinski definition) is 1. The molecule has 1 atom stereocenters. The Labute approximate surface area is 93.5 Å². The SMILES string of the molecule is Cn1ccc(C(N)c2ccccc2Cl)n1. The Morgan fingerprint density at radius 2 is 2.07 bits per heavy atom. The third kappa shape index (κ3) is 2.03. The van der Waals surface area contributed by atoms with Gasteiger partial charge in [0.05, 0.1) is 11.7 Å². The zero-order valence-electron chi connectivity index (χ0n) is 8.39. The Bertz CT molecular complexity index is 464. The lowest BCUT2D eigenvalue weighted by Crippen LogP contribution is -2.13. The summed E-state index contributed by atoms with van der Waals surface area (Å²) in [5, 5.41) is 4.94. The Kier molecular flexibility index (Phi) is 2.75. The van der Waals surface area contributed by atoms with E-state index in [4.69, 9.17) is 17.3 Å². The standard InChI is InChI=1S/C11H12ClN3/c1-15-7-6-10(14-15)11(13)8-4-2-3-5-9(8)12/h2-7,11H,13H2,1H3. The average molecular weight is 222 g/mol. The van der Waals surface area contributed by atoms with Crippen molar-refractivity contribution in [3.63, 3.8) is 0 Å². The lowest BCUT2D eigenvalue weighted by molar-refractivity contribution is 0.716. The fourth-order valence-corrected chi connectivity index (χ4v) is 1.74. The molecule has 1 aromatic carbocycles. The number of aromatic nitrogens is 2. The van der Waals surface area contributed by atoms with Crippen LogP contribution >= 0.6 is 11.6 Å². The lowest BCUT2D eigenvalue weighted by Gasteiger charge is -2.10. The highest BCUT2D eigenvalue weighted by molar-refractivity contribution is 6.31. The van der Waals surface area contributed by atoms with Gasteiger partial charge < -0.3 is 5.73 Å². The zero-order valence-corrected chi connectivity index (χ0v) is 9.15. The number of nitrogens with zero attached hydrogens (tertiary/aromatic N) is 2. The summed E-state index contributed by atoms with van der Waals surface area (Å²) in [7, 11) is 1.86. The van der Waals surface area contributed by atoms with Crippen molar-refractivity contribution < 1.29 is 0 Å². The van der Waals surface area contributed by atoms with E-state index in [-0.39, 0.29) is 6.04 Å². The van der Waals surface area contributed by atoms with Crippen LogP contribution in [0.15, 0.2) is 36.5 Å². The monoisotopic (exact) mass is 221 g/mol. The maximum atomic E-state index is 6.07. The van der Waals surface area contributed by atoms with Crippen molar-refractivity contribution in [2.75, 3.05) is 0 Å². The third-order valence-electron chi connectivity index (χ3n) is 2.29. The first-order chi connectivity index (χ1) is 7.18. The van der Waals surface area contributed by atoms with E-state index in [9.17, 15) is 0 Å². The van der Waals surface area contributed by atoms with Crippen LogP contribution in [0.2, 0.25) is 5.02 Å². The van der Waals surface area contributed by atoms with Crippen LogP contribution in [0.3, 0.4) is 0 Å². The van der Waals surface area contributed by atoms with E-state index in [0.29, 0.717) is 5.02 Å². The van der Waals surface area contributed by atoms with E-state index >= 15 is 0 Å². The van der Waals surface area contributed by atoms with Crippen molar-refractivity contribution >= 4 is 11.6 Å². The van der Waals surface area contributed by atoms with E-state index in [1.165, 1.54) is 0 Å². The number of nitrogens with two attached hydrogens (primary N) is 1. The van der Waals surface area contributed by atoms with Crippen molar-refractivity contribution in [2.45, 2.75) is 6.04 Å². The van der Waals surface area contributed by atoms with Gasteiger partial charge in [0.1, 0.15) is 0 Å². The summed E-state index contributed by atoms with van der Waals surface area (Å²) in [6.45, 7) is 0.